The summed E-state index contributed by atoms with van der Waals surface area (Å²) in [5.74, 6) is 1.35. The third-order valence-corrected chi connectivity index (χ3v) is 4.85. The second-order valence-corrected chi connectivity index (χ2v) is 7.70. The summed E-state index contributed by atoms with van der Waals surface area (Å²) in [6.45, 7) is 11.0. The van der Waals surface area contributed by atoms with Gasteiger partial charge in [0.15, 0.2) is 0 Å². The van der Waals surface area contributed by atoms with E-state index in [0.29, 0.717) is 18.0 Å². The molecule has 1 aliphatic rings. The van der Waals surface area contributed by atoms with Gasteiger partial charge in [0.1, 0.15) is 5.75 Å². The van der Waals surface area contributed by atoms with Crippen molar-refractivity contribution in [1.29, 1.82) is 0 Å². The average molecular weight is 370 g/mol. The van der Waals surface area contributed by atoms with Crippen LogP contribution >= 0.6 is 0 Å². The van der Waals surface area contributed by atoms with Gasteiger partial charge in [-0.1, -0.05) is 13.8 Å². The lowest BCUT2D eigenvalue weighted by Crippen LogP contribution is -2.27. The molecule has 0 fully saturated rings. The lowest BCUT2D eigenvalue weighted by Gasteiger charge is -2.21. The Bertz CT molecular complexity index is 797. The summed E-state index contributed by atoms with van der Waals surface area (Å²) in [5.41, 5.74) is 3.73. The fourth-order valence-electron chi connectivity index (χ4n) is 3.64. The predicted molar refractivity (Wildman–Crippen MR) is 106 cm³/mol. The van der Waals surface area contributed by atoms with Crippen LogP contribution in [0.15, 0.2) is 24.3 Å². The van der Waals surface area contributed by atoms with Gasteiger partial charge in [-0.05, 0) is 49.1 Å². The van der Waals surface area contributed by atoms with Crippen LogP contribution in [-0.2, 0) is 19.6 Å². The Morgan fingerprint density at radius 1 is 1.30 bits per heavy atom. The van der Waals surface area contributed by atoms with Gasteiger partial charge in [-0.2, -0.15) is 5.10 Å². The second kappa shape index (κ2) is 8.57. The zero-order valence-electron chi connectivity index (χ0n) is 16.8. The summed E-state index contributed by atoms with van der Waals surface area (Å²) < 4.78 is 7.35. The number of hydrogen-bond donors (Lipinski definition) is 1. The molecule has 3 rings (SSSR count). The molecule has 6 heteroatoms. The minimum Gasteiger partial charge on any atom is -0.496 e. The molecule has 0 saturated carbocycles. The Kier molecular flexibility index (Phi) is 6.16. The fourth-order valence-corrected chi connectivity index (χ4v) is 3.64. The number of fused-ring (bicyclic) bond motifs is 1. The summed E-state index contributed by atoms with van der Waals surface area (Å²) in [7, 11) is 1.63. The zero-order valence-corrected chi connectivity index (χ0v) is 16.8. The second-order valence-electron chi connectivity index (χ2n) is 7.70. The molecule has 0 bridgehead atoms. The third kappa shape index (κ3) is 4.89. The quantitative estimate of drug-likeness (QED) is 0.849. The first-order valence-corrected chi connectivity index (χ1v) is 9.67. The Hall–Kier alpha value is -2.34. The van der Waals surface area contributed by atoms with Gasteiger partial charge < -0.3 is 10.1 Å². The third-order valence-electron chi connectivity index (χ3n) is 4.85. The molecular weight excluding hydrogens is 340 g/mol. The number of aromatic nitrogens is 2. The van der Waals surface area contributed by atoms with Crippen molar-refractivity contribution >= 4 is 5.91 Å². The maximum atomic E-state index is 12.4. The molecule has 0 radical (unpaired) electrons. The molecule has 27 heavy (non-hydrogen) atoms. The summed E-state index contributed by atoms with van der Waals surface area (Å²) in [6, 6.07) is 7.58. The first-order valence-electron chi connectivity index (χ1n) is 9.67. The van der Waals surface area contributed by atoms with Crippen molar-refractivity contribution < 1.29 is 9.53 Å². The van der Waals surface area contributed by atoms with Crippen molar-refractivity contribution in [3.8, 4) is 5.75 Å². The molecule has 2 heterocycles. The van der Waals surface area contributed by atoms with Gasteiger partial charge >= 0.3 is 0 Å². The van der Waals surface area contributed by atoms with E-state index in [9.17, 15) is 4.79 Å². The van der Waals surface area contributed by atoms with Crippen molar-refractivity contribution in [2.45, 2.75) is 46.8 Å². The van der Waals surface area contributed by atoms with E-state index in [1.165, 1.54) is 5.69 Å². The van der Waals surface area contributed by atoms with Gasteiger partial charge in [0.25, 0.3) is 5.91 Å². The highest BCUT2D eigenvalue weighted by atomic mass is 16.5. The Morgan fingerprint density at radius 3 is 2.81 bits per heavy atom. The molecule has 0 atom stereocenters. The smallest absolute Gasteiger partial charge is 0.251 e. The van der Waals surface area contributed by atoms with Gasteiger partial charge in [-0.15, -0.1) is 0 Å². The summed E-state index contributed by atoms with van der Waals surface area (Å²) in [5, 5.41) is 7.67. The van der Waals surface area contributed by atoms with Crippen LogP contribution in [-0.4, -0.2) is 40.8 Å². The molecule has 1 aromatic carbocycles. The predicted octanol–water partition coefficient (Wildman–Crippen LogP) is 2.99. The summed E-state index contributed by atoms with van der Waals surface area (Å²) >= 11 is 0. The van der Waals surface area contributed by atoms with Crippen molar-refractivity contribution in [2.24, 2.45) is 5.92 Å². The Morgan fingerprint density at radius 2 is 2.11 bits per heavy atom. The number of benzene rings is 1. The van der Waals surface area contributed by atoms with Gasteiger partial charge in [0.2, 0.25) is 0 Å². The van der Waals surface area contributed by atoms with Crippen LogP contribution in [0.3, 0.4) is 0 Å². The molecule has 0 spiro atoms. The lowest BCUT2D eigenvalue weighted by atomic mass is 10.1. The maximum Gasteiger partial charge on any atom is 0.251 e. The Balaban J connectivity index is 1.62. The molecule has 1 amide bonds. The van der Waals surface area contributed by atoms with E-state index in [4.69, 9.17) is 9.84 Å². The fraction of sp³-hybridized carbons (Fsp3) is 0.524. The van der Waals surface area contributed by atoms with Crippen LogP contribution in [0.2, 0.25) is 0 Å². The molecule has 0 saturated heterocycles. The number of rotatable bonds is 6. The van der Waals surface area contributed by atoms with Crippen LogP contribution in [0.25, 0.3) is 0 Å². The maximum absolute atomic E-state index is 12.4. The molecule has 2 aromatic rings. The first-order chi connectivity index (χ1) is 13.0. The average Bonchev–Trinajstić information content (AvgIpc) is 2.91. The Labute approximate surface area is 161 Å². The van der Waals surface area contributed by atoms with Gasteiger partial charge in [0.05, 0.1) is 25.0 Å². The van der Waals surface area contributed by atoms with Crippen molar-refractivity contribution in [2.75, 3.05) is 20.2 Å². The van der Waals surface area contributed by atoms with E-state index in [1.807, 2.05) is 19.1 Å². The van der Waals surface area contributed by atoms with E-state index < -0.39 is 0 Å². The number of amides is 1. The van der Waals surface area contributed by atoms with Crippen molar-refractivity contribution in [3.05, 3.63) is 46.8 Å². The lowest BCUT2D eigenvalue weighted by molar-refractivity contribution is 0.0950. The number of hydrogen-bond acceptors (Lipinski definition) is 4. The van der Waals surface area contributed by atoms with Crippen LogP contribution in [0.5, 0.6) is 5.75 Å². The van der Waals surface area contributed by atoms with Gasteiger partial charge in [0, 0.05) is 31.7 Å². The van der Waals surface area contributed by atoms with Crippen LogP contribution in [0, 0.1) is 12.8 Å². The van der Waals surface area contributed by atoms with Crippen LogP contribution in [0.1, 0.15) is 47.6 Å². The number of nitrogens with one attached hydrogen (secondary N) is 1. The molecule has 146 valence electrons. The van der Waals surface area contributed by atoms with E-state index >= 15 is 0 Å². The van der Waals surface area contributed by atoms with E-state index in [1.54, 1.807) is 13.2 Å². The monoisotopic (exact) mass is 370 g/mol. The number of carbonyl (C=O) groups is 1. The zero-order chi connectivity index (χ0) is 19.4. The van der Waals surface area contributed by atoms with Crippen molar-refractivity contribution in [3.63, 3.8) is 0 Å². The molecule has 0 aliphatic carbocycles. The van der Waals surface area contributed by atoms with E-state index in [2.05, 4.69) is 34.8 Å². The molecule has 6 nitrogen and oxygen atoms in total. The normalized spacial score (nSPS) is 14.7. The highest BCUT2D eigenvalue weighted by Gasteiger charge is 2.17. The summed E-state index contributed by atoms with van der Waals surface area (Å²) in [4.78, 5) is 14.9. The minimum atomic E-state index is -0.0922. The topological polar surface area (TPSA) is 59.4 Å². The molecule has 1 aromatic heterocycles. The highest BCUT2D eigenvalue weighted by molar-refractivity contribution is 5.94. The molecule has 0 unspecified atom stereocenters. The van der Waals surface area contributed by atoms with E-state index in [-0.39, 0.29) is 5.91 Å². The highest BCUT2D eigenvalue weighted by Crippen LogP contribution is 2.19. The van der Waals surface area contributed by atoms with Gasteiger partial charge in [-0.25, -0.2) is 0 Å². The number of carbonyl (C=O) groups excluding carboxylic acids is 1. The number of aryl methyl sites for hydroxylation is 2. The number of nitrogens with zero attached hydrogens (tertiary/aromatic N) is 3. The molecule has 1 aliphatic heterocycles. The number of ether oxygens (including phenoxy) is 1. The largest absolute Gasteiger partial charge is 0.496 e. The number of methoxy groups -OCH3 is 1. The van der Waals surface area contributed by atoms with Crippen LogP contribution in [0.4, 0.5) is 0 Å². The molecule has 1 N–H and O–H groups in total. The van der Waals surface area contributed by atoms with Crippen molar-refractivity contribution in [1.82, 2.24) is 20.0 Å². The summed E-state index contributed by atoms with van der Waals surface area (Å²) in [6.07, 6.45) is 1.11. The van der Waals surface area contributed by atoms with Crippen LogP contribution < -0.4 is 10.1 Å². The standard InChI is InChI=1S/C21H30N4O2/c1-15(2)13-24-8-5-9-25-19(14-24)11-18(23-25)12-22-21(26)17-6-7-20(27-4)16(3)10-17/h6-7,10-11,15H,5,8-9,12-14H2,1-4H3,(H,22,26). The van der Waals surface area contributed by atoms with Gasteiger partial charge in [-0.3, -0.25) is 14.4 Å². The SMILES string of the molecule is COc1ccc(C(=O)NCc2cc3n(n2)CCCN(CC(C)C)C3)cc1C. The minimum absolute atomic E-state index is 0.0922. The molecular formula is C21H30N4O2. The first kappa shape index (κ1) is 19.4. The van der Waals surface area contributed by atoms with E-state index in [0.717, 1.165) is 49.6 Å².